The van der Waals surface area contributed by atoms with Crippen LogP contribution in [0.5, 0.6) is 0 Å². The van der Waals surface area contributed by atoms with Crippen LogP contribution >= 0.6 is 0 Å². The molecule has 0 saturated carbocycles. The lowest BCUT2D eigenvalue weighted by molar-refractivity contribution is -0.384. The molecule has 0 heterocycles. The molecule has 0 fully saturated rings. The van der Waals surface area contributed by atoms with Crippen LogP contribution in [0.15, 0.2) is 91.0 Å². The van der Waals surface area contributed by atoms with Crippen molar-refractivity contribution in [3.05, 3.63) is 112 Å². The SMILES string of the molecule is O=C1C=C(c2ccccc2)C[C@@H](c2cccc([N+](=O)[O-])c2)[C@@H]1C(=O)Nc1ccccc1. The molecule has 4 rings (SSSR count). The molecule has 2 atom stereocenters. The van der Waals surface area contributed by atoms with Crippen molar-refractivity contribution in [2.24, 2.45) is 5.92 Å². The summed E-state index contributed by atoms with van der Waals surface area (Å²) in [6.45, 7) is 0. The summed E-state index contributed by atoms with van der Waals surface area (Å²) in [5, 5.41) is 14.1. The van der Waals surface area contributed by atoms with Crippen molar-refractivity contribution in [3.63, 3.8) is 0 Å². The molecular formula is C25H20N2O4. The van der Waals surface area contributed by atoms with E-state index in [0.29, 0.717) is 17.7 Å². The van der Waals surface area contributed by atoms with Gasteiger partial charge in [-0.25, -0.2) is 0 Å². The first-order chi connectivity index (χ1) is 15.0. The average Bonchev–Trinajstić information content (AvgIpc) is 2.79. The standard InChI is InChI=1S/C25H20N2O4/c28-23-16-19(17-8-3-1-4-9-17)15-22(18-10-7-13-21(14-18)27(30)31)24(23)25(29)26-20-11-5-2-6-12-20/h1-14,16,22,24H,15H2,(H,26,29)/t22-,24-/m0/s1. The highest BCUT2D eigenvalue weighted by molar-refractivity contribution is 6.15. The van der Waals surface area contributed by atoms with E-state index >= 15 is 0 Å². The fourth-order valence-corrected chi connectivity index (χ4v) is 3.96. The first-order valence-electron chi connectivity index (χ1n) is 9.93. The average molecular weight is 412 g/mol. The predicted molar refractivity (Wildman–Crippen MR) is 118 cm³/mol. The monoisotopic (exact) mass is 412 g/mol. The number of carbonyl (C=O) groups excluding carboxylic acids is 2. The Labute approximate surface area is 179 Å². The Morgan fingerprint density at radius 1 is 0.935 bits per heavy atom. The zero-order valence-electron chi connectivity index (χ0n) is 16.6. The normalized spacial score (nSPS) is 18.2. The number of hydrogen-bond donors (Lipinski definition) is 1. The molecule has 1 aliphatic rings. The van der Waals surface area contributed by atoms with Crippen LogP contribution in [-0.2, 0) is 9.59 Å². The summed E-state index contributed by atoms with van der Waals surface area (Å²) in [6.07, 6.45) is 1.95. The molecule has 6 heteroatoms. The largest absolute Gasteiger partial charge is 0.325 e. The van der Waals surface area contributed by atoms with Gasteiger partial charge in [0, 0.05) is 23.7 Å². The lowest BCUT2D eigenvalue weighted by Crippen LogP contribution is -2.36. The van der Waals surface area contributed by atoms with Gasteiger partial charge in [-0.05, 0) is 41.3 Å². The number of ketones is 1. The molecule has 0 unspecified atom stereocenters. The van der Waals surface area contributed by atoms with Crippen molar-refractivity contribution >= 4 is 28.6 Å². The predicted octanol–water partition coefficient (Wildman–Crippen LogP) is 4.99. The fraction of sp³-hybridized carbons (Fsp3) is 0.120. The van der Waals surface area contributed by atoms with E-state index in [9.17, 15) is 19.7 Å². The topological polar surface area (TPSA) is 89.3 Å². The molecule has 1 amide bonds. The van der Waals surface area contributed by atoms with Gasteiger partial charge in [0.1, 0.15) is 5.92 Å². The number of nitro groups is 1. The summed E-state index contributed by atoms with van der Waals surface area (Å²) in [4.78, 5) is 37.1. The third kappa shape index (κ3) is 4.43. The van der Waals surface area contributed by atoms with E-state index in [4.69, 9.17) is 0 Å². The minimum absolute atomic E-state index is 0.0667. The Bertz CT molecular complexity index is 1160. The molecule has 0 spiro atoms. The van der Waals surface area contributed by atoms with Crippen LogP contribution < -0.4 is 5.32 Å². The van der Waals surface area contributed by atoms with Gasteiger partial charge >= 0.3 is 0 Å². The molecule has 1 aliphatic carbocycles. The fourth-order valence-electron chi connectivity index (χ4n) is 3.96. The second-order valence-corrected chi connectivity index (χ2v) is 7.43. The quantitative estimate of drug-likeness (QED) is 0.363. The van der Waals surface area contributed by atoms with Crippen molar-refractivity contribution in [1.29, 1.82) is 0 Å². The molecule has 3 aromatic carbocycles. The van der Waals surface area contributed by atoms with Gasteiger partial charge in [-0.2, -0.15) is 0 Å². The molecule has 31 heavy (non-hydrogen) atoms. The number of anilines is 1. The molecule has 0 aliphatic heterocycles. The van der Waals surface area contributed by atoms with Gasteiger partial charge in [0.05, 0.1) is 4.92 Å². The van der Waals surface area contributed by atoms with Crippen molar-refractivity contribution in [2.45, 2.75) is 12.3 Å². The minimum Gasteiger partial charge on any atom is -0.325 e. The number of nitrogens with zero attached hydrogens (tertiary/aromatic N) is 1. The van der Waals surface area contributed by atoms with Crippen LogP contribution in [0.25, 0.3) is 5.57 Å². The van der Waals surface area contributed by atoms with E-state index in [1.165, 1.54) is 18.2 Å². The first-order valence-corrected chi connectivity index (χ1v) is 9.93. The van der Waals surface area contributed by atoms with E-state index in [1.54, 1.807) is 36.4 Å². The number of carbonyl (C=O) groups is 2. The molecule has 0 bridgehead atoms. The van der Waals surface area contributed by atoms with Crippen LogP contribution in [0, 0.1) is 16.0 Å². The number of nitrogens with one attached hydrogen (secondary N) is 1. The maximum Gasteiger partial charge on any atom is 0.269 e. The van der Waals surface area contributed by atoms with Crippen LogP contribution in [0.2, 0.25) is 0 Å². The number of hydrogen-bond acceptors (Lipinski definition) is 4. The van der Waals surface area contributed by atoms with Crippen molar-refractivity contribution in [1.82, 2.24) is 0 Å². The molecule has 0 radical (unpaired) electrons. The van der Waals surface area contributed by atoms with E-state index in [2.05, 4.69) is 5.32 Å². The van der Waals surface area contributed by atoms with Gasteiger partial charge in [0.25, 0.3) is 5.69 Å². The van der Waals surface area contributed by atoms with Gasteiger partial charge in [-0.1, -0.05) is 60.7 Å². The Morgan fingerprint density at radius 2 is 1.61 bits per heavy atom. The number of rotatable bonds is 5. The van der Waals surface area contributed by atoms with Crippen molar-refractivity contribution < 1.29 is 14.5 Å². The molecular weight excluding hydrogens is 392 g/mol. The number of allylic oxidation sites excluding steroid dienone is 2. The highest BCUT2D eigenvalue weighted by atomic mass is 16.6. The maximum absolute atomic E-state index is 13.1. The summed E-state index contributed by atoms with van der Waals surface area (Å²) < 4.78 is 0. The maximum atomic E-state index is 13.1. The molecule has 6 nitrogen and oxygen atoms in total. The highest BCUT2D eigenvalue weighted by Gasteiger charge is 2.39. The number of benzene rings is 3. The Hall–Kier alpha value is -4.06. The van der Waals surface area contributed by atoms with Gasteiger partial charge in [-0.15, -0.1) is 0 Å². The second kappa shape index (κ2) is 8.75. The third-order valence-electron chi connectivity index (χ3n) is 5.44. The molecule has 154 valence electrons. The number of amides is 1. The van der Waals surface area contributed by atoms with Gasteiger partial charge in [0.15, 0.2) is 5.78 Å². The Kier molecular flexibility index (Phi) is 5.71. The number of para-hydroxylation sites is 1. The second-order valence-electron chi connectivity index (χ2n) is 7.43. The Balaban J connectivity index is 1.74. The van der Waals surface area contributed by atoms with Crippen LogP contribution in [0.4, 0.5) is 11.4 Å². The van der Waals surface area contributed by atoms with Crippen LogP contribution in [0.3, 0.4) is 0 Å². The lowest BCUT2D eigenvalue weighted by Gasteiger charge is -2.30. The van der Waals surface area contributed by atoms with E-state index in [0.717, 1.165) is 11.1 Å². The number of nitro benzene ring substituents is 1. The summed E-state index contributed by atoms with van der Waals surface area (Å²) in [7, 11) is 0. The summed E-state index contributed by atoms with van der Waals surface area (Å²) in [6, 6.07) is 24.6. The summed E-state index contributed by atoms with van der Waals surface area (Å²) in [5.41, 5.74) is 2.83. The van der Waals surface area contributed by atoms with Crippen LogP contribution in [-0.4, -0.2) is 16.6 Å². The lowest BCUT2D eigenvalue weighted by atomic mass is 9.73. The van der Waals surface area contributed by atoms with E-state index in [1.807, 2.05) is 36.4 Å². The Morgan fingerprint density at radius 3 is 2.29 bits per heavy atom. The van der Waals surface area contributed by atoms with E-state index < -0.39 is 22.7 Å². The summed E-state index contributed by atoms with van der Waals surface area (Å²) >= 11 is 0. The van der Waals surface area contributed by atoms with Gasteiger partial charge in [-0.3, -0.25) is 19.7 Å². The minimum atomic E-state index is -0.977. The van der Waals surface area contributed by atoms with Crippen molar-refractivity contribution in [3.8, 4) is 0 Å². The third-order valence-corrected chi connectivity index (χ3v) is 5.44. The zero-order valence-corrected chi connectivity index (χ0v) is 16.6. The van der Waals surface area contributed by atoms with Crippen molar-refractivity contribution in [2.75, 3.05) is 5.32 Å². The van der Waals surface area contributed by atoms with E-state index in [-0.39, 0.29) is 11.5 Å². The molecule has 3 aromatic rings. The highest BCUT2D eigenvalue weighted by Crippen LogP contribution is 2.41. The molecule has 1 N–H and O–H groups in total. The summed E-state index contributed by atoms with van der Waals surface area (Å²) in [5.74, 6) is -2.22. The van der Waals surface area contributed by atoms with Gasteiger partial charge in [0.2, 0.25) is 5.91 Å². The van der Waals surface area contributed by atoms with Crippen LogP contribution in [0.1, 0.15) is 23.5 Å². The van der Waals surface area contributed by atoms with Gasteiger partial charge < -0.3 is 5.32 Å². The smallest absolute Gasteiger partial charge is 0.269 e. The first kappa shape index (κ1) is 20.2. The zero-order chi connectivity index (χ0) is 21.8. The molecule has 0 aromatic heterocycles. The molecule has 0 saturated heterocycles. The number of non-ortho nitro benzene ring substituents is 1.